The Morgan fingerprint density at radius 3 is 2.23 bits per heavy atom. The van der Waals surface area contributed by atoms with Crippen LogP contribution in [0.3, 0.4) is 0 Å². The number of amides is 2. The second kappa shape index (κ2) is 6.34. The van der Waals surface area contributed by atoms with E-state index in [1.807, 2.05) is 0 Å². The van der Waals surface area contributed by atoms with E-state index in [0.717, 1.165) is 4.90 Å². The monoisotopic (exact) mass is 301 g/mol. The van der Waals surface area contributed by atoms with Gasteiger partial charge in [0.1, 0.15) is 18.3 Å². The van der Waals surface area contributed by atoms with E-state index < -0.39 is 29.5 Å². The van der Waals surface area contributed by atoms with Gasteiger partial charge in [-0.1, -0.05) is 24.8 Å². The summed E-state index contributed by atoms with van der Waals surface area (Å²) in [6, 6.07) is 6.37. The van der Waals surface area contributed by atoms with Crippen LogP contribution < -0.4 is 0 Å². The molecule has 1 heterocycles. The Hall–Kier alpha value is -2.76. The van der Waals surface area contributed by atoms with Gasteiger partial charge in [-0.15, -0.1) is 0 Å². The van der Waals surface area contributed by atoms with Crippen molar-refractivity contribution in [2.75, 3.05) is 13.2 Å². The number of nitrogens with zero attached hydrogens (tertiary/aromatic N) is 1. The van der Waals surface area contributed by atoms with Gasteiger partial charge in [-0.3, -0.25) is 24.1 Å². The highest BCUT2D eigenvalue weighted by molar-refractivity contribution is 6.21. The van der Waals surface area contributed by atoms with Gasteiger partial charge in [-0.25, -0.2) is 0 Å². The van der Waals surface area contributed by atoms with Crippen molar-refractivity contribution in [2.45, 2.75) is 6.92 Å². The fraction of sp³-hybridized carbons (Fsp3) is 0.250. The maximum Gasteiger partial charge on any atom is 0.318 e. The number of carbonyl (C=O) groups is 4. The summed E-state index contributed by atoms with van der Waals surface area (Å²) in [5.41, 5.74) is 0.545. The lowest BCUT2D eigenvalue weighted by atomic mass is 10.1. The third-order valence-electron chi connectivity index (χ3n) is 3.36. The van der Waals surface area contributed by atoms with Crippen LogP contribution in [0.2, 0.25) is 0 Å². The van der Waals surface area contributed by atoms with E-state index >= 15 is 0 Å². The fourth-order valence-corrected chi connectivity index (χ4v) is 2.20. The third-order valence-corrected chi connectivity index (χ3v) is 3.36. The van der Waals surface area contributed by atoms with Crippen LogP contribution in [-0.4, -0.2) is 41.6 Å². The lowest BCUT2D eigenvalue weighted by Crippen LogP contribution is -2.40. The van der Waals surface area contributed by atoms with Crippen molar-refractivity contribution in [3.05, 3.63) is 48.0 Å². The van der Waals surface area contributed by atoms with Gasteiger partial charge in [0.15, 0.2) is 0 Å². The van der Waals surface area contributed by atoms with Gasteiger partial charge in [-0.2, -0.15) is 0 Å². The van der Waals surface area contributed by atoms with E-state index in [1.54, 1.807) is 12.1 Å². The topological polar surface area (TPSA) is 80.8 Å². The minimum absolute atomic E-state index is 0.0370. The molecule has 1 aliphatic heterocycles. The quantitative estimate of drug-likeness (QED) is 0.341. The fourth-order valence-electron chi connectivity index (χ4n) is 2.20. The normalized spacial score (nSPS) is 14.5. The van der Waals surface area contributed by atoms with Crippen molar-refractivity contribution < 1.29 is 23.9 Å². The number of fused-ring (bicyclic) bond motifs is 1. The number of imide groups is 1. The van der Waals surface area contributed by atoms with E-state index in [0.29, 0.717) is 0 Å². The zero-order valence-electron chi connectivity index (χ0n) is 12.1. The maximum atomic E-state index is 12.2. The van der Waals surface area contributed by atoms with Crippen molar-refractivity contribution in [2.24, 2.45) is 5.92 Å². The predicted octanol–water partition coefficient (Wildman–Crippen LogP) is 1.22. The molecule has 1 aromatic carbocycles. The van der Waals surface area contributed by atoms with Gasteiger partial charge in [0.2, 0.25) is 0 Å². The summed E-state index contributed by atoms with van der Waals surface area (Å²) in [6.45, 7) is 4.27. The van der Waals surface area contributed by atoms with Gasteiger partial charge in [-0.05, 0) is 19.1 Å². The van der Waals surface area contributed by atoms with Crippen molar-refractivity contribution in [1.29, 1.82) is 0 Å². The van der Waals surface area contributed by atoms with Crippen LogP contribution in [0.4, 0.5) is 0 Å². The summed E-state index contributed by atoms with van der Waals surface area (Å²) in [5.74, 6) is -3.46. The molecule has 22 heavy (non-hydrogen) atoms. The average molecular weight is 301 g/mol. The first-order valence-corrected chi connectivity index (χ1v) is 6.70. The molecule has 0 aromatic heterocycles. The van der Waals surface area contributed by atoms with E-state index in [9.17, 15) is 19.2 Å². The second-order valence-corrected chi connectivity index (χ2v) is 4.85. The molecule has 0 N–H and O–H groups in total. The zero-order valence-corrected chi connectivity index (χ0v) is 12.1. The Balaban J connectivity index is 2.20. The van der Waals surface area contributed by atoms with Gasteiger partial charge in [0.25, 0.3) is 11.8 Å². The van der Waals surface area contributed by atoms with E-state index in [1.165, 1.54) is 25.1 Å². The van der Waals surface area contributed by atoms with Crippen molar-refractivity contribution in [3.8, 4) is 0 Å². The molecule has 2 amide bonds. The Kier molecular flexibility index (Phi) is 4.50. The number of benzene rings is 1. The van der Waals surface area contributed by atoms with Crippen LogP contribution in [0.25, 0.3) is 0 Å². The zero-order chi connectivity index (χ0) is 16.3. The summed E-state index contributed by atoms with van der Waals surface area (Å²) in [6.07, 6.45) is 1.37. The number of hydrogen-bond donors (Lipinski definition) is 0. The summed E-state index contributed by atoms with van der Waals surface area (Å²) in [7, 11) is 0. The molecule has 0 spiro atoms. The Bertz CT molecular complexity index is 629. The molecule has 0 saturated carbocycles. The number of Topliss-reactive ketones (excluding diaryl/α,β-unsaturated/α-hetero) is 1. The molecule has 1 atom stereocenters. The number of rotatable bonds is 6. The molecule has 0 radical (unpaired) electrons. The van der Waals surface area contributed by atoms with Crippen LogP contribution in [0.5, 0.6) is 0 Å². The van der Waals surface area contributed by atoms with E-state index in [-0.39, 0.29) is 24.3 Å². The van der Waals surface area contributed by atoms with Gasteiger partial charge >= 0.3 is 5.97 Å². The Morgan fingerprint density at radius 2 is 1.77 bits per heavy atom. The molecule has 6 nitrogen and oxygen atoms in total. The Labute approximate surface area is 127 Å². The molecule has 2 rings (SSSR count). The van der Waals surface area contributed by atoms with Gasteiger partial charge < -0.3 is 4.74 Å². The summed E-state index contributed by atoms with van der Waals surface area (Å²) >= 11 is 0. The van der Waals surface area contributed by atoms with Crippen molar-refractivity contribution in [3.63, 3.8) is 0 Å². The van der Waals surface area contributed by atoms with Crippen molar-refractivity contribution >= 4 is 23.6 Å². The second-order valence-electron chi connectivity index (χ2n) is 4.85. The van der Waals surface area contributed by atoms with Crippen molar-refractivity contribution in [1.82, 2.24) is 4.90 Å². The first-order chi connectivity index (χ1) is 10.5. The lowest BCUT2D eigenvalue weighted by molar-refractivity contribution is -0.150. The minimum Gasteiger partial charge on any atom is -0.461 e. The number of carbonyl (C=O) groups excluding carboxylic acids is 4. The molecule has 0 bridgehead atoms. The molecule has 0 fully saturated rings. The average Bonchev–Trinajstić information content (AvgIpc) is 2.74. The molecule has 1 unspecified atom stereocenters. The highest BCUT2D eigenvalue weighted by Crippen LogP contribution is 2.23. The van der Waals surface area contributed by atoms with Crippen LogP contribution in [0.15, 0.2) is 36.9 Å². The molecule has 1 aromatic rings. The van der Waals surface area contributed by atoms with Gasteiger partial charge in [0.05, 0.1) is 11.1 Å². The number of ether oxygens (including phenoxy) is 1. The van der Waals surface area contributed by atoms with Crippen LogP contribution in [0, 0.1) is 5.92 Å². The predicted molar refractivity (Wildman–Crippen MR) is 77.1 cm³/mol. The Morgan fingerprint density at radius 1 is 1.23 bits per heavy atom. The SMILES string of the molecule is C=CCOC(=O)C(CN1C(=O)c2ccccc2C1=O)C(C)=O. The first kappa shape index (κ1) is 15.6. The van der Waals surface area contributed by atoms with E-state index in [4.69, 9.17) is 4.74 Å². The smallest absolute Gasteiger partial charge is 0.318 e. The standard InChI is InChI=1S/C16H15NO5/c1-3-8-22-16(21)13(10(2)18)9-17-14(19)11-6-4-5-7-12(11)15(17)20/h3-7,13H,1,8-9H2,2H3. The summed E-state index contributed by atoms with van der Waals surface area (Å²) in [5, 5.41) is 0. The maximum absolute atomic E-state index is 12.2. The molecule has 114 valence electrons. The molecular weight excluding hydrogens is 286 g/mol. The van der Waals surface area contributed by atoms with Crippen LogP contribution in [0.1, 0.15) is 27.6 Å². The highest BCUT2D eigenvalue weighted by Gasteiger charge is 2.39. The molecule has 0 aliphatic carbocycles. The molecule has 6 heteroatoms. The number of esters is 1. The van der Waals surface area contributed by atoms with Crippen LogP contribution >= 0.6 is 0 Å². The minimum atomic E-state index is -1.19. The summed E-state index contributed by atoms with van der Waals surface area (Å²) in [4.78, 5) is 48.9. The summed E-state index contributed by atoms with van der Waals surface area (Å²) < 4.78 is 4.85. The lowest BCUT2D eigenvalue weighted by Gasteiger charge is -2.19. The van der Waals surface area contributed by atoms with Crippen LogP contribution in [-0.2, 0) is 14.3 Å². The molecule has 0 saturated heterocycles. The van der Waals surface area contributed by atoms with Gasteiger partial charge in [0, 0.05) is 6.54 Å². The van der Waals surface area contributed by atoms with E-state index in [2.05, 4.69) is 6.58 Å². The highest BCUT2D eigenvalue weighted by atomic mass is 16.5. The first-order valence-electron chi connectivity index (χ1n) is 6.70. The third kappa shape index (κ3) is 2.81. The number of ketones is 1. The molecular formula is C16H15NO5. The molecule has 1 aliphatic rings. The largest absolute Gasteiger partial charge is 0.461 e. The number of hydrogen-bond acceptors (Lipinski definition) is 5.